The molecular weight excluding hydrogens is 244 g/mol. The molecule has 20 heavy (non-hydrogen) atoms. The number of pyridine rings is 1. The molecule has 0 bridgehead atoms. The van der Waals surface area contributed by atoms with E-state index in [9.17, 15) is 0 Å². The Kier molecular flexibility index (Phi) is 4.02. The van der Waals surface area contributed by atoms with Crippen molar-refractivity contribution >= 4 is 10.8 Å². The normalized spacial score (nSPS) is 18.2. The summed E-state index contributed by atoms with van der Waals surface area (Å²) in [7, 11) is 0. The van der Waals surface area contributed by atoms with Gasteiger partial charge in [-0.1, -0.05) is 38.3 Å². The van der Waals surface area contributed by atoms with E-state index < -0.39 is 0 Å². The zero-order chi connectivity index (χ0) is 13.8. The van der Waals surface area contributed by atoms with Crippen molar-refractivity contribution in [2.45, 2.75) is 45.6 Å². The third kappa shape index (κ3) is 3.18. The highest BCUT2D eigenvalue weighted by Gasteiger charge is 2.25. The third-order valence-electron chi connectivity index (χ3n) is 4.65. The van der Waals surface area contributed by atoms with Crippen LogP contribution in [-0.4, -0.2) is 11.5 Å². The number of rotatable bonds is 4. The fraction of sp³-hybridized carbons (Fsp3) is 0.500. The molecule has 1 aromatic carbocycles. The van der Waals surface area contributed by atoms with Gasteiger partial charge in [0.25, 0.3) is 0 Å². The van der Waals surface area contributed by atoms with Gasteiger partial charge < -0.3 is 5.32 Å². The molecule has 0 radical (unpaired) electrons. The Bertz CT molecular complexity index is 570. The van der Waals surface area contributed by atoms with Gasteiger partial charge in [0.2, 0.25) is 0 Å². The first-order valence-electron chi connectivity index (χ1n) is 7.79. The molecule has 0 aliphatic heterocycles. The van der Waals surface area contributed by atoms with Gasteiger partial charge in [0.05, 0.1) is 0 Å². The topological polar surface area (TPSA) is 24.9 Å². The monoisotopic (exact) mass is 268 g/mol. The first-order chi connectivity index (χ1) is 9.75. The molecule has 1 aliphatic carbocycles. The zero-order valence-corrected chi connectivity index (χ0v) is 12.4. The van der Waals surface area contributed by atoms with Crippen LogP contribution in [0.3, 0.4) is 0 Å². The molecule has 1 saturated carbocycles. The van der Waals surface area contributed by atoms with Crippen LogP contribution < -0.4 is 5.32 Å². The minimum Gasteiger partial charge on any atom is -0.312 e. The summed E-state index contributed by atoms with van der Waals surface area (Å²) in [5.74, 6) is 0. The van der Waals surface area contributed by atoms with Crippen molar-refractivity contribution in [3.8, 4) is 0 Å². The number of fused-ring (bicyclic) bond motifs is 1. The van der Waals surface area contributed by atoms with Crippen LogP contribution in [0.1, 0.15) is 44.6 Å². The summed E-state index contributed by atoms with van der Waals surface area (Å²) >= 11 is 0. The van der Waals surface area contributed by atoms with Crippen molar-refractivity contribution in [3.63, 3.8) is 0 Å². The van der Waals surface area contributed by atoms with Gasteiger partial charge in [-0.25, -0.2) is 0 Å². The molecule has 3 rings (SSSR count). The van der Waals surface area contributed by atoms with Crippen LogP contribution in [0.25, 0.3) is 10.8 Å². The molecule has 1 aromatic heterocycles. The van der Waals surface area contributed by atoms with Gasteiger partial charge >= 0.3 is 0 Å². The lowest BCUT2D eigenvalue weighted by Crippen LogP contribution is -2.33. The average Bonchev–Trinajstić information content (AvgIpc) is 2.48. The molecule has 0 unspecified atom stereocenters. The number of nitrogens with one attached hydrogen (secondary N) is 1. The Morgan fingerprint density at radius 3 is 2.80 bits per heavy atom. The largest absolute Gasteiger partial charge is 0.312 e. The molecule has 2 aromatic rings. The summed E-state index contributed by atoms with van der Waals surface area (Å²) in [6.07, 6.45) is 10.8. The minimum absolute atomic E-state index is 0.513. The predicted octanol–water partition coefficient (Wildman–Crippen LogP) is 4.29. The Balaban J connectivity index is 1.59. The van der Waals surface area contributed by atoms with E-state index in [1.54, 1.807) is 0 Å². The Morgan fingerprint density at radius 1 is 1.10 bits per heavy atom. The maximum atomic E-state index is 4.16. The Morgan fingerprint density at radius 2 is 1.95 bits per heavy atom. The minimum atomic E-state index is 0.513. The van der Waals surface area contributed by atoms with E-state index in [1.165, 1.54) is 48.4 Å². The van der Waals surface area contributed by atoms with Gasteiger partial charge in [0, 0.05) is 30.9 Å². The lowest BCUT2D eigenvalue weighted by Gasteiger charge is -2.33. The van der Waals surface area contributed by atoms with E-state index in [2.05, 4.69) is 41.5 Å². The molecule has 0 amide bonds. The lowest BCUT2D eigenvalue weighted by atomic mass is 9.76. The molecule has 1 heterocycles. The SMILES string of the molecule is CC1(CNCc2ccc3cnccc3c2)CCCCC1. The van der Waals surface area contributed by atoms with Crippen molar-refractivity contribution in [2.75, 3.05) is 6.54 Å². The molecule has 0 spiro atoms. The molecule has 106 valence electrons. The van der Waals surface area contributed by atoms with E-state index in [0.29, 0.717) is 5.41 Å². The number of hydrogen-bond acceptors (Lipinski definition) is 2. The van der Waals surface area contributed by atoms with Crippen LogP contribution in [0, 0.1) is 5.41 Å². The van der Waals surface area contributed by atoms with Crippen LogP contribution in [-0.2, 0) is 6.54 Å². The predicted molar refractivity (Wildman–Crippen MR) is 84.6 cm³/mol. The van der Waals surface area contributed by atoms with Gasteiger partial charge in [-0.3, -0.25) is 4.98 Å². The van der Waals surface area contributed by atoms with E-state index in [0.717, 1.165) is 13.1 Å². The number of hydrogen-bond donors (Lipinski definition) is 1. The summed E-state index contributed by atoms with van der Waals surface area (Å²) in [6, 6.07) is 8.73. The molecule has 2 heteroatoms. The van der Waals surface area contributed by atoms with Crippen molar-refractivity contribution < 1.29 is 0 Å². The van der Waals surface area contributed by atoms with Crippen molar-refractivity contribution in [1.82, 2.24) is 10.3 Å². The highest BCUT2D eigenvalue weighted by molar-refractivity contribution is 5.81. The summed E-state index contributed by atoms with van der Waals surface area (Å²) in [6.45, 7) is 4.54. The maximum Gasteiger partial charge on any atom is 0.0346 e. The van der Waals surface area contributed by atoms with Gasteiger partial charge in [-0.15, -0.1) is 0 Å². The number of benzene rings is 1. The molecule has 1 N–H and O–H groups in total. The molecule has 1 aliphatic rings. The van der Waals surface area contributed by atoms with E-state index >= 15 is 0 Å². The van der Waals surface area contributed by atoms with Crippen molar-refractivity contribution in [3.05, 3.63) is 42.2 Å². The molecule has 1 fully saturated rings. The van der Waals surface area contributed by atoms with E-state index in [4.69, 9.17) is 0 Å². The van der Waals surface area contributed by atoms with E-state index in [1.807, 2.05) is 12.4 Å². The summed E-state index contributed by atoms with van der Waals surface area (Å²) in [5, 5.41) is 6.16. The molecule has 2 nitrogen and oxygen atoms in total. The summed E-state index contributed by atoms with van der Waals surface area (Å²) in [4.78, 5) is 4.16. The van der Waals surface area contributed by atoms with E-state index in [-0.39, 0.29) is 0 Å². The third-order valence-corrected chi connectivity index (χ3v) is 4.65. The molecule has 0 saturated heterocycles. The first-order valence-corrected chi connectivity index (χ1v) is 7.79. The van der Waals surface area contributed by atoms with Gasteiger partial charge in [-0.2, -0.15) is 0 Å². The molecule has 0 atom stereocenters. The summed E-state index contributed by atoms with van der Waals surface area (Å²) in [5.41, 5.74) is 1.88. The van der Waals surface area contributed by atoms with Crippen molar-refractivity contribution in [1.29, 1.82) is 0 Å². The maximum absolute atomic E-state index is 4.16. The van der Waals surface area contributed by atoms with Gasteiger partial charge in [0.1, 0.15) is 0 Å². The highest BCUT2D eigenvalue weighted by atomic mass is 14.9. The fourth-order valence-corrected chi connectivity index (χ4v) is 3.33. The number of aromatic nitrogens is 1. The van der Waals surface area contributed by atoms with Crippen LogP contribution in [0.2, 0.25) is 0 Å². The second-order valence-corrected chi connectivity index (χ2v) is 6.53. The average molecular weight is 268 g/mol. The summed E-state index contributed by atoms with van der Waals surface area (Å²) < 4.78 is 0. The second kappa shape index (κ2) is 5.92. The van der Waals surface area contributed by atoms with Crippen molar-refractivity contribution in [2.24, 2.45) is 5.41 Å². The molecular formula is C18H24N2. The van der Waals surface area contributed by atoms with Crippen LogP contribution in [0.4, 0.5) is 0 Å². The zero-order valence-electron chi connectivity index (χ0n) is 12.4. The standard InChI is InChI=1S/C18H24N2/c1-18(8-3-2-4-9-18)14-20-12-15-5-6-17-13-19-10-7-16(17)11-15/h5-7,10-11,13,20H,2-4,8-9,12,14H2,1H3. The fourth-order valence-electron chi connectivity index (χ4n) is 3.33. The number of nitrogens with zero attached hydrogens (tertiary/aromatic N) is 1. The van der Waals surface area contributed by atoms with Gasteiger partial charge in [-0.05, 0) is 41.3 Å². The van der Waals surface area contributed by atoms with Crippen LogP contribution in [0.15, 0.2) is 36.7 Å². The first kappa shape index (κ1) is 13.6. The Labute approximate surface area is 121 Å². The quantitative estimate of drug-likeness (QED) is 0.894. The smallest absolute Gasteiger partial charge is 0.0346 e. The Hall–Kier alpha value is -1.41. The van der Waals surface area contributed by atoms with Gasteiger partial charge in [0.15, 0.2) is 0 Å². The van der Waals surface area contributed by atoms with Crippen LogP contribution >= 0.6 is 0 Å². The lowest BCUT2D eigenvalue weighted by molar-refractivity contribution is 0.207. The second-order valence-electron chi connectivity index (χ2n) is 6.53. The highest BCUT2D eigenvalue weighted by Crippen LogP contribution is 2.34. The van der Waals surface area contributed by atoms with Crippen LogP contribution in [0.5, 0.6) is 0 Å².